The molecule has 0 radical (unpaired) electrons. The molecular formula is C15H31N3O2S. The van der Waals surface area contributed by atoms with Crippen molar-refractivity contribution in [2.24, 2.45) is 0 Å². The smallest absolute Gasteiger partial charge is 0.214 e. The van der Waals surface area contributed by atoms with Crippen LogP contribution in [0.15, 0.2) is 0 Å². The molecule has 2 aliphatic heterocycles. The maximum Gasteiger partial charge on any atom is 0.214 e. The van der Waals surface area contributed by atoms with E-state index in [1.54, 1.807) is 4.31 Å². The first kappa shape index (κ1) is 17.2. The Bertz CT molecular complexity index is 394. The summed E-state index contributed by atoms with van der Waals surface area (Å²) in [4.78, 5) is 2.48. The van der Waals surface area contributed by atoms with Gasteiger partial charge in [0.15, 0.2) is 0 Å². The van der Waals surface area contributed by atoms with E-state index in [4.69, 9.17) is 0 Å². The number of sulfonamides is 1. The minimum Gasteiger partial charge on any atom is -0.317 e. The molecule has 0 aliphatic carbocycles. The Labute approximate surface area is 130 Å². The van der Waals surface area contributed by atoms with Crippen LogP contribution in [0.25, 0.3) is 0 Å². The molecule has 0 aromatic heterocycles. The number of rotatable bonds is 9. The topological polar surface area (TPSA) is 52.7 Å². The molecule has 2 fully saturated rings. The lowest BCUT2D eigenvalue weighted by Gasteiger charge is -2.23. The van der Waals surface area contributed by atoms with Gasteiger partial charge in [0.05, 0.1) is 5.75 Å². The van der Waals surface area contributed by atoms with E-state index < -0.39 is 10.0 Å². The molecule has 0 saturated carbocycles. The van der Waals surface area contributed by atoms with Crippen molar-refractivity contribution in [2.45, 2.75) is 51.5 Å². The molecule has 2 rings (SSSR count). The zero-order chi connectivity index (χ0) is 15.1. The fraction of sp³-hybridized carbons (Fsp3) is 1.00. The molecule has 2 heterocycles. The van der Waals surface area contributed by atoms with Gasteiger partial charge in [0.25, 0.3) is 0 Å². The van der Waals surface area contributed by atoms with E-state index in [0.29, 0.717) is 11.8 Å². The van der Waals surface area contributed by atoms with E-state index in [0.717, 1.165) is 65.0 Å². The molecule has 0 amide bonds. The van der Waals surface area contributed by atoms with Crippen molar-refractivity contribution in [1.82, 2.24) is 14.5 Å². The van der Waals surface area contributed by atoms with Gasteiger partial charge in [-0.3, -0.25) is 4.90 Å². The number of hydrogen-bond acceptors (Lipinski definition) is 4. The van der Waals surface area contributed by atoms with Crippen molar-refractivity contribution < 1.29 is 8.42 Å². The Morgan fingerprint density at radius 2 is 1.86 bits per heavy atom. The van der Waals surface area contributed by atoms with Crippen LogP contribution in [0, 0.1) is 0 Å². The lowest BCUT2D eigenvalue weighted by atomic mass is 10.2. The molecule has 2 saturated heterocycles. The highest BCUT2D eigenvalue weighted by Crippen LogP contribution is 2.22. The zero-order valence-corrected chi connectivity index (χ0v) is 14.2. The maximum absolute atomic E-state index is 12.4. The second-order valence-electron chi connectivity index (χ2n) is 6.32. The lowest BCUT2D eigenvalue weighted by molar-refractivity contribution is 0.251. The van der Waals surface area contributed by atoms with E-state index in [-0.39, 0.29) is 0 Å². The summed E-state index contributed by atoms with van der Waals surface area (Å²) in [7, 11) is -3.04. The normalized spacial score (nSPS) is 24.9. The van der Waals surface area contributed by atoms with Crippen LogP contribution in [0.4, 0.5) is 0 Å². The van der Waals surface area contributed by atoms with Crippen molar-refractivity contribution in [2.75, 3.05) is 45.0 Å². The molecule has 0 spiro atoms. The van der Waals surface area contributed by atoms with Crippen LogP contribution in [0.5, 0.6) is 0 Å². The van der Waals surface area contributed by atoms with Crippen LogP contribution in [0.2, 0.25) is 0 Å². The highest BCUT2D eigenvalue weighted by atomic mass is 32.2. The average molecular weight is 317 g/mol. The number of likely N-dealkylation sites (tertiary alicyclic amines) is 1. The molecule has 0 aromatic carbocycles. The third kappa shape index (κ3) is 5.20. The average Bonchev–Trinajstić information content (AvgIpc) is 3.12. The fourth-order valence-corrected chi connectivity index (χ4v) is 4.94. The van der Waals surface area contributed by atoms with Crippen molar-refractivity contribution in [1.29, 1.82) is 0 Å². The molecule has 6 heteroatoms. The first-order chi connectivity index (χ1) is 10.1. The highest BCUT2D eigenvalue weighted by Gasteiger charge is 2.34. The zero-order valence-electron chi connectivity index (χ0n) is 13.4. The number of nitrogens with one attached hydrogen (secondary N) is 1. The predicted molar refractivity (Wildman–Crippen MR) is 87.0 cm³/mol. The van der Waals surface area contributed by atoms with Gasteiger partial charge in [0.1, 0.15) is 0 Å². The van der Waals surface area contributed by atoms with E-state index >= 15 is 0 Å². The third-order valence-corrected chi connectivity index (χ3v) is 6.53. The maximum atomic E-state index is 12.4. The second kappa shape index (κ2) is 8.46. The summed E-state index contributed by atoms with van der Waals surface area (Å²) in [5.41, 5.74) is 0. The Hall–Kier alpha value is -0.170. The molecule has 1 N–H and O–H groups in total. The summed E-state index contributed by atoms with van der Waals surface area (Å²) in [5, 5.41) is 3.32. The molecule has 1 unspecified atom stereocenters. The number of unbranched alkanes of at least 4 members (excludes halogenated alkanes) is 1. The van der Waals surface area contributed by atoms with Gasteiger partial charge in [-0.25, -0.2) is 12.7 Å². The van der Waals surface area contributed by atoms with E-state index in [1.165, 1.54) is 12.8 Å². The van der Waals surface area contributed by atoms with Gasteiger partial charge in [-0.15, -0.1) is 0 Å². The molecule has 0 aromatic rings. The quantitative estimate of drug-likeness (QED) is 0.651. The number of nitrogens with zero attached hydrogens (tertiary/aromatic N) is 2. The van der Waals surface area contributed by atoms with Gasteiger partial charge >= 0.3 is 0 Å². The van der Waals surface area contributed by atoms with Crippen LogP contribution in [-0.2, 0) is 10.0 Å². The number of hydrogen-bond donors (Lipinski definition) is 1. The molecular weight excluding hydrogens is 286 g/mol. The van der Waals surface area contributed by atoms with Crippen LogP contribution in [0.3, 0.4) is 0 Å². The largest absolute Gasteiger partial charge is 0.317 e. The Morgan fingerprint density at radius 3 is 2.57 bits per heavy atom. The van der Waals surface area contributed by atoms with Crippen molar-refractivity contribution in [3.8, 4) is 0 Å². The predicted octanol–water partition coefficient (Wildman–Crippen LogP) is 1.27. The summed E-state index contributed by atoms with van der Waals surface area (Å²) in [6.45, 7) is 7.84. The van der Waals surface area contributed by atoms with E-state index in [2.05, 4.69) is 17.1 Å². The Kier molecular flexibility index (Phi) is 6.92. The molecule has 5 nitrogen and oxygen atoms in total. The monoisotopic (exact) mass is 317 g/mol. The van der Waals surface area contributed by atoms with Gasteiger partial charge in [0, 0.05) is 19.1 Å². The molecule has 21 heavy (non-hydrogen) atoms. The van der Waals surface area contributed by atoms with Crippen LogP contribution in [-0.4, -0.2) is 68.7 Å². The molecule has 124 valence electrons. The van der Waals surface area contributed by atoms with Crippen molar-refractivity contribution >= 4 is 10.0 Å². The first-order valence-electron chi connectivity index (χ1n) is 8.56. The molecule has 2 aliphatic rings. The minimum absolute atomic E-state index is 0.313. The SMILES string of the molecule is CCCNCCCCS(=O)(=O)N1CCC(N2CCCC2)C1. The Morgan fingerprint density at radius 1 is 1.10 bits per heavy atom. The van der Waals surface area contributed by atoms with Crippen LogP contribution < -0.4 is 5.32 Å². The van der Waals surface area contributed by atoms with Gasteiger partial charge in [-0.05, 0) is 64.7 Å². The summed E-state index contributed by atoms with van der Waals surface area (Å²) in [6, 6.07) is 0.466. The van der Waals surface area contributed by atoms with Crippen molar-refractivity contribution in [3.63, 3.8) is 0 Å². The van der Waals surface area contributed by atoms with Gasteiger partial charge in [-0.2, -0.15) is 0 Å². The van der Waals surface area contributed by atoms with E-state index in [9.17, 15) is 8.42 Å². The summed E-state index contributed by atoms with van der Waals surface area (Å²) in [6.07, 6.45) is 6.40. The lowest BCUT2D eigenvalue weighted by Crippen LogP contribution is -2.37. The van der Waals surface area contributed by atoms with Gasteiger partial charge < -0.3 is 5.32 Å². The molecule has 1 atom stereocenters. The third-order valence-electron chi connectivity index (χ3n) is 4.61. The first-order valence-corrected chi connectivity index (χ1v) is 10.2. The standard InChI is InChI=1S/C15H31N3O2S/c1-2-8-16-9-3-6-13-21(19,20)18-12-7-15(14-18)17-10-4-5-11-17/h15-16H,2-14H2,1H3. The van der Waals surface area contributed by atoms with Crippen molar-refractivity contribution in [3.05, 3.63) is 0 Å². The molecule has 0 bridgehead atoms. The van der Waals surface area contributed by atoms with Gasteiger partial charge in [-0.1, -0.05) is 6.92 Å². The second-order valence-corrected chi connectivity index (χ2v) is 8.41. The summed E-state index contributed by atoms with van der Waals surface area (Å²) in [5.74, 6) is 0.313. The van der Waals surface area contributed by atoms with Gasteiger partial charge in [0.2, 0.25) is 10.0 Å². The summed E-state index contributed by atoms with van der Waals surface area (Å²) >= 11 is 0. The fourth-order valence-electron chi connectivity index (χ4n) is 3.33. The summed E-state index contributed by atoms with van der Waals surface area (Å²) < 4.78 is 26.5. The Balaban J connectivity index is 1.68. The van der Waals surface area contributed by atoms with E-state index in [1.807, 2.05) is 0 Å². The minimum atomic E-state index is -3.04. The van der Waals surface area contributed by atoms with Crippen LogP contribution in [0.1, 0.15) is 45.4 Å². The highest BCUT2D eigenvalue weighted by molar-refractivity contribution is 7.89. The van der Waals surface area contributed by atoms with Crippen LogP contribution >= 0.6 is 0 Å².